The normalized spacial score (nSPS) is 14.0. The van der Waals surface area contributed by atoms with Crippen molar-refractivity contribution in [3.05, 3.63) is 70.8 Å². The van der Waals surface area contributed by atoms with Gasteiger partial charge in [0, 0.05) is 6.54 Å². The third kappa shape index (κ3) is 5.13. The molecule has 0 bridgehead atoms. The fourth-order valence-corrected chi connectivity index (χ4v) is 3.29. The molecule has 0 heterocycles. The summed E-state index contributed by atoms with van der Waals surface area (Å²) in [5.74, 6) is -0.428. The van der Waals surface area contributed by atoms with Crippen LogP contribution in [-0.2, 0) is 22.2 Å². The molecule has 5 nitrogen and oxygen atoms in total. The van der Waals surface area contributed by atoms with Crippen LogP contribution >= 0.6 is 0 Å². The zero-order valence-electron chi connectivity index (χ0n) is 15.5. The molecule has 144 valence electrons. The molecular weight excluding hydrogens is 367 g/mol. The quantitative estimate of drug-likeness (QED) is 0.712. The van der Waals surface area contributed by atoms with Crippen molar-refractivity contribution in [3.63, 3.8) is 0 Å². The summed E-state index contributed by atoms with van der Waals surface area (Å²) in [7, 11) is -3.48. The molecular formula is C20H23FN2O3S. The fraction of sp³-hybridized carbons (Fsp3) is 0.350. The number of halogens is 1. The maximum Gasteiger partial charge on any atom is 0.242 e. The first kappa shape index (κ1) is 21.0. The Morgan fingerprint density at radius 2 is 1.78 bits per heavy atom. The second-order valence-corrected chi connectivity index (χ2v) is 9.21. The van der Waals surface area contributed by atoms with Gasteiger partial charge in [0.05, 0.1) is 10.8 Å². The molecule has 0 amide bonds. The lowest BCUT2D eigenvalue weighted by atomic mass is 9.94. The lowest BCUT2D eigenvalue weighted by Gasteiger charge is -2.25. The Kier molecular flexibility index (Phi) is 6.37. The Morgan fingerprint density at radius 1 is 1.19 bits per heavy atom. The number of benzene rings is 2. The molecule has 0 saturated carbocycles. The topological polar surface area (TPSA) is 70.8 Å². The first-order valence-electron chi connectivity index (χ1n) is 8.50. The Labute approximate surface area is 159 Å². The van der Waals surface area contributed by atoms with Gasteiger partial charge in [0.2, 0.25) is 16.6 Å². The van der Waals surface area contributed by atoms with Crippen LogP contribution in [0, 0.1) is 12.4 Å². The monoisotopic (exact) mass is 390 g/mol. The van der Waals surface area contributed by atoms with Crippen molar-refractivity contribution in [2.24, 2.45) is 0 Å². The van der Waals surface area contributed by atoms with Crippen LogP contribution in [0.1, 0.15) is 31.9 Å². The molecule has 0 aromatic heterocycles. The van der Waals surface area contributed by atoms with Crippen molar-refractivity contribution < 1.29 is 17.9 Å². The number of nitrogens with one attached hydrogen (secondary N) is 1. The molecule has 7 heteroatoms. The summed E-state index contributed by atoms with van der Waals surface area (Å²) >= 11 is 0. The minimum Gasteiger partial charge on any atom is -0.384 e. The summed E-state index contributed by atoms with van der Waals surface area (Å²) < 4.78 is 40.2. The molecule has 0 saturated heterocycles. The highest BCUT2D eigenvalue weighted by molar-refractivity contribution is 7.90. The van der Waals surface area contributed by atoms with Crippen molar-refractivity contribution in [2.75, 3.05) is 6.54 Å². The maximum atomic E-state index is 14.0. The molecule has 1 unspecified atom stereocenters. The average Bonchev–Trinajstić information content (AvgIpc) is 2.62. The molecule has 2 aromatic carbocycles. The van der Waals surface area contributed by atoms with Gasteiger partial charge in [0.1, 0.15) is 11.4 Å². The van der Waals surface area contributed by atoms with E-state index in [9.17, 15) is 17.9 Å². The number of rotatable bonds is 7. The lowest BCUT2D eigenvalue weighted by molar-refractivity contribution is 0.0627. The molecule has 0 radical (unpaired) electrons. The van der Waals surface area contributed by atoms with Gasteiger partial charge in [-0.15, -0.1) is 0 Å². The zero-order chi connectivity index (χ0) is 20.2. The van der Waals surface area contributed by atoms with E-state index in [0.717, 1.165) is 5.56 Å². The molecule has 0 fully saturated rings. The van der Waals surface area contributed by atoms with Gasteiger partial charge in [-0.1, -0.05) is 30.3 Å². The van der Waals surface area contributed by atoms with Crippen molar-refractivity contribution in [3.8, 4) is 11.1 Å². The number of sulfonamides is 1. The molecule has 1 atom stereocenters. The van der Waals surface area contributed by atoms with E-state index in [4.69, 9.17) is 6.57 Å². The van der Waals surface area contributed by atoms with Gasteiger partial charge in [-0.3, -0.25) is 0 Å². The third-order valence-corrected chi connectivity index (χ3v) is 6.17. The molecule has 2 rings (SSSR count). The summed E-state index contributed by atoms with van der Waals surface area (Å²) in [6.45, 7) is 11.3. The Bertz CT molecular complexity index is 946. The number of hydrogen-bond acceptors (Lipinski definition) is 3. The fourth-order valence-electron chi connectivity index (χ4n) is 2.47. The van der Waals surface area contributed by atoms with Crippen molar-refractivity contribution in [1.29, 1.82) is 0 Å². The zero-order valence-corrected chi connectivity index (χ0v) is 16.3. The van der Waals surface area contributed by atoms with Gasteiger partial charge in [-0.05, 0) is 49.6 Å². The molecule has 0 aliphatic carbocycles. The minimum absolute atomic E-state index is 0.000202. The summed E-state index contributed by atoms with van der Waals surface area (Å²) in [4.78, 5) is 3.19. The van der Waals surface area contributed by atoms with Crippen LogP contribution in [0.3, 0.4) is 0 Å². The molecule has 0 aliphatic rings. The van der Waals surface area contributed by atoms with Crippen molar-refractivity contribution >= 4 is 10.0 Å². The van der Waals surface area contributed by atoms with E-state index in [0.29, 0.717) is 16.7 Å². The summed E-state index contributed by atoms with van der Waals surface area (Å²) in [6.07, 6.45) is 0. The molecule has 2 N–H and O–H groups in total. The van der Waals surface area contributed by atoms with Crippen LogP contribution in [0.25, 0.3) is 16.0 Å². The molecule has 0 aliphatic heterocycles. The van der Waals surface area contributed by atoms with Crippen molar-refractivity contribution in [2.45, 2.75) is 38.2 Å². The molecule has 2 aromatic rings. The smallest absolute Gasteiger partial charge is 0.242 e. The number of aliphatic hydroxyl groups is 1. The highest BCUT2D eigenvalue weighted by Gasteiger charge is 2.26. The van der Waals surface area contributed by atoms with Gasteiger partial charge in [0.15, 0.2) is 0 Å². The average molecular weight is 390 g/mol. The number of hydrogen-bond donors (Lipinski definition) is 2. The molecule has 27 heavy (non-hydrogen) atoms. The Morgan fingerprint density at radius 3 is 2.30 bits per heavy atom. The van der Waals surface area contributed by atoms with Crippen LogP contribution in [0.4, 0.5) is 4.39 Å². The van der Waals surface area contributed by atoms with Crippen LogP contribution in [0.2, 0.25) is 0 Å². The standard InChI is InChI=1S/C20H23FN2O3S/c1-14(2)27(25,26)23-13-20(3,24)18-9-7-15(8-10-18)16-5-6-17(12-22-4)19(21)11-16/h5-11,14,23-24H,12-13H2,1-3H3. The van der Waals surface area contributed by atoms with Gasteiger partial charge in [0.25, 0.3) is 0 Å². The van der Waals surface area contributed by atoms with E-state index in [1.807, 2.05) is 0 Å². The SMILES string of the molecule is [C-]#[N+]Cc1ccc(-c2ccc(C(C)(O)CNS(=O)(=O)C(C)C)cc2)cc1F. The van der Waals surface area contributed by atoms with Crippen LogP contribution in [-0.4, -0.2) is 25.3 Å². The minimum atomic E-state index is -3.48. The first-order valence-corrected chi connectivity index (χ1v) is 10.0. The summed E-state index contributed by atoms with van der Waals surface area (Å²) in [5, 5.41) is 10.0. The largest absolute Gasteiger partial charge is 0.384 e. The van der Waals surface area contributed by atoms with Gasteiger partial charge in [-0.2, -0.15) is 0 Å². The van der Waals surface area contributed by atoms with E-state index in [1.54, 1.807) is 50.2 Å². The number of nitrogens with zero attached hydrogens (tertiary/aromatic N) is 1. The van der Waals surface area contributed by atoms with E-state index >= 15 is 0 Å². The summed E-state index contributed by atoms with van der Waals surface area (Å²) in [5.41, 5.74) is 0.928. The van der Waals surface area contributed by atoms with E-state index < -0.39 is 26.7 Å². The van der Waals surface area contributed by atoms with Gasteiger partial charge in [-0.25, -0.2) is 24.1 Å². The van der Waals surface area contributed by atoms with Crippen LogP contribution in [0.15, 0.2) is 42.5 Å². The van der Waals surface area contributed by atoms with Crippen LogP contribution in [0.5, 0.6) is 0 Å². The predicted octanol–water partition coefficient (Wildman–Crippen LogP) is 3.45. The lowest BCUT2D eigenvalue weighted by Crippen LogP contribution is -2.41. The first-order chi connectivity index (χ1) is 12.6. The van der Waals surface area contributed by atoms with Crippen LogP contribution < -0.4 is 4.72 Å². The second kappa shape index (κ2) is 8.17. The van der Waals surface area contributed by atoms with E-state index in [-0.39, 0.29) is 13.1 Å². The summed E-state index contributed by atoms with van der Waals surface area (Å²) in [6, 6.07) is 11.6. The third-order valence-electron chi connectivity index (χ3n) is 4.38. The highest BCUT2D eigenvalue weighted by Crippen LogP contribution is 2.26. The van der Waals surface area contributed by atoms with Gasteiger partial charge >= 0.3 is 0 Å². The van der Waals surface area contributed by atoms with Gasteiger partial charge < -0.3 is 9.95 Å². The maximum absolute atomic E-state index is 14.0. The van der Waals surface area contributed by atoms with E-state index in [1.165, 1.54) is 13.0 Å². The highest BCUT2D eigenvalue weighted by atomic mass is 32.2. The van der Waals surface area contributed by atoms with E-state index in [2.05, 4.69) is 9.57 Å². The molecule has 0 spiro atoms. The predicted molar refractivity (Wildman–Crippen MR) is 104 cm³/mol. The Balaban J connectivity index is 2.19. The van der Waals surface area contributed by atoms with Crippen molar-refractivity contribution in [1.82, 2.24) is 4.72 Å². The Hall–Kier alpha value is -2.27. The second-order valence-electron chi connectivity index (χ2n) is 6.89.